The van der Waals surface area contributed by atoms with Crippen LogP contribution < -0.4 is 10.3 Å². The van der Waals surface area contributed by atoms with Gasteiger partial charge in [-0.15, -0.1) is 0 Å². The molecule has 0 unspecified atom stereocenters. The van der Waals surface area contributed by atoms with E-state index in [9.17, 15) is 20.2 Å². The second-order valence-corrected chi connectivity index (χ2v) is 6.23. The molecule has 0 radical (unpaired) electrons. The third-order valence-electron chi connectivity index (χ3n) is 3.71. The average molecular weight is 364 g/mol. The number of aromatic nitrogens is 2. The van der Waals surface area contributed by atoms with Crippen molar-refractivity contribution < 1.29 is 9.66 Å². The highest BCUT2D eigenvalue weighted by atomic mass is 32.1. The fourth-order valence-electron chi connectivity index (χ4n) is 2.56. The van der Waals surface area contributed by atoms with Crippen LogP contribution in [-0.4, -0.2) is 14.3 Å². The molecule has 2 heterocycles. The van der Waals surface area contributed by atoms with Crippen molar-refractivity contribution in [2.45, 2.75) is 0 Å². The van der Waals surface area contributed by atoms with Crippen LogP contribution in [-0.2, 0) is 0 Å². The number of ether oxygens (including phenoxy) is 1. The van der Waals surface area contributed by atoms with Gasteiger partial charge < -0.3 is 4.74 Å². The molecular formula is C17H8N4O4S. The zero-order valence-corrected chi connectivity index (χ0v) is 13.8. The minimum absolute atomic E-state index is 0.0913. The summed E-state index contributed by atoms with van der Waals surface area (Å²) >= 11 is 1.26. The first-order valence-electron chi connectivity index (χ1n) is 7.36. The van der Waals surface area contributed by atoms with Crippen LogP contribution in [0.15, 0.2) is 53.3 Å². The Kier molecular flexibility index (Phi) is 3.60. The van der Waals surface area contributed by atoms with Gasteiger partial charge in [-0.05, 0) is 18.2 Å². The third-order valence-corrected chi connectivity index (χ3v) is 4.73. The van der Waals surface area contributed by atoms with Gasteiger partial charge in [0, 0.05) is 6.07 Å². The number of thiazole rings is 1. The summed E-state index contributed by atoms with van der Waals surface area (Å²) in [6, 6.07) is 14.7. The fourth-order valence-corrected chi connectivity index (χ4v) is 3.57. The van der Waals surface area contributed by atoms with Crippen molar-refractivity contribution >= 4 is 32.2 Å². The van der Waals surface area contributed by atoms with Gasteiger partial charge in [0.25, 0.3) is 5.56 Å². The number of hydrogen-bond acceptors (Lipinski definition) is 7. The van der Waals surface area contributed by atoms with Crippen LogP contribution in [0.3, 0.4) is 0 Å². The topological polar surface area (TPSA) is 111 Å². The standard InChI is InChI=1S/C17H8N4O4S/c18-9-10-15(25-13-7-3-1-5-11(13)21(23)24)19-17-20(16(10)22)12-6-2-4-8-14(12)26-17/h1-8H. The van der Waals surface area contributed by atoms with Crippen LogP contribution in [0.5, 0.6) is 11.6 Å². The van der Waals surface area contributed by atoms with E-state index >= 15 is 0 Å². The number of nitro groups is 1. The van der Waals surface area contributed by atoms with Crippen LogP contribution in [0.25, 0.3) is 15.2 Å². The van der Waals surface area contributed by atoms with Crippen molar-refractivity contribution in [2.24, 2.45) is 0 Å². The Morgan fingerprint density at radius 1 is 1.19 bits per heavy atom. The molecule has 8 nitrogen and oxygen atoms in total. The van der Waals surface area contributed by atoms with Gasteiger partial charge in [0.05, 0.1) is 15.1 Å². The summed E-state index contributed by atoms with van der Waals surface area (Å²) in [5.41, 5.74) is -0.541. The number of para-hydroxylation sites is 3. The molecule has 126 valence electrons. The highest BCUT2D eigenvalue weighted by Gasteiger charge is 2.21. The van der Waals surface area contributed by atoms with E-state index in [1.807, 2.05) is 12.1 Å². The Bertz CT molecular complexity index is 1290. The van der Waals surface area contributed by atoms with Crippen LogP contribution in [0, 0.1) is 21.4 Å². The quantitative estimate of drug-likeness (QED) is 0.406. The Labute approximate surface area is 149 Å². The highest BCUT2D eigenvalue weighted by molar-refractivity contribution is 7.23. The second kappa shape index (κ2) is 5.94. The molecule has 0 atom stereocenters. The summed E-state index contributed by atoms with van der Waals surface area (Å²) in [4.78, 5) is 27.9. The predicted molar refractivity (Wildman–Crippen MR) is 94.7 cm³/mol. The molecule has 0 aliphatic heterocycles. The van der Waals surface area contributed by atoms with Gasteiger partial charge in [-0.25, -0.2) is 4.40 Å². The van der Waals surface area contributed by atoms with E-state index in [4.69, 9.17) is 4.74 Å². The first kappa shape index (κ1) is 15.7. The molecule has 4 aromatic rings. The van der Waals surface area contributed by atoms with Crippen molar-refractivity contribution in [3.63, 3.8) is 0 Å². The van der Waals surface area contributed by atoms with Crippen LogP contribution in [0.4, 0.5) is 5.69 Å². The van der Waals surface area contributed by atoms with E-state index in [-0.39, 0.29) is 22.9 Å². The van der Waals surface area contributed by atoms with Crippen LogP contribution >= 0.6 is 11.3 Å². The maximum absolute atomic E-state index is 12.8. The third kappa shape index (κ3) is 2.37. The Balaban J connectivity index is 1.97. The van der Waals surface area contributed by atoms with E-state index in [0.717, 1.165) is 4.70 Å². The first-order chi connectivity index (χ1) is 12.6. The van der Waals surface area contributed by atoms with Crippen molar-refractivity contribution in [1.29, 1.82) is 5.26 Å². The summed E-state index contributed by atoms with van der Waals surface area (Å²) in [6.07, 6.45) is 0. The number of nitro benzene ring substituents is 1. The normalized spacial score (nSPS) is 10.7. The van der Waals surface area contributed by atoms with E-state index in [0.29, 0.717) is 10.5 Å². The van der Waals surface area contributed by atoms with Gasteiger partial charge in [-0.1, -0.05) is 35.6 Å². The van der Waals surface area contributed by atoms with Crippen molar-refractivity contribution in [2.75, 3.05) is 0 Å². The minimum atomic E-state index is -0.605. The first-order valence-corrected chi connectivity index (χ1v) is 8.17. The average Bonchev–Trinajstić information content (AvgIpc) is 3.00. The van der Waals surface area contributed by atoms with E-state index < -0.39 is 10.5 Å². The predicted octanol–water partition coefficient (Wildman–Crippen LogP) is 3.48. The highest BCUT2D eigenvalue weighted by Crippen LogP contribution is 2.32. The summed E-state index contributed by atoms with van der Waals surface area (Å²) in [5.74, 6) is -0.343. The van der Waals surface area contributed by atoms with E-state index in [2.05, 4.69) is 4.98 Å². The molecule has 9 heteroatoms. The van der Waals surface area contributed by atoms with E-state index in [1.165, 1.54) is 33.9 Å². The monoisotopic (exact) mass is 364 g/mol. The van der Waals surface area contributed by atoms with Gasteiger partial charge in [0.2, 0.25) is 16.6 Å². The Morgan fingerprint density at radius 2 is 1.92 bits per heavy atom. The van der Waals surface area contributed by atoms with Gasteiger partial charge >= 0.3 is 5.69 Å². The van der Waals surface area contributed by atoms with Gasteiger partial charge in [-0.3, -0.25) is 14.9 Å². The smallest absolute Gasteiger partial charge is 0.311 e. The lowest BCUT2D eigenvalue weighted by molar-refractivity contribution is -0.385. The lowest BCUT2D eigenvalue weighted by Crippen LogP contribution is -2.18. The number of benzene rings is 2. The van der Waals surface area contributed by atoms with Crippen LogP contribution in [0.1, 0.15) is 5.56 Å². The molecule has 0 fully saturated rings. The molecule has 0 N–H and O–H groups in total. The molecule has 2 aromatic carbocycles. The zero-order chi connectivity index (χ0) is 18.3. The van der Waals surface area contributed by atoms with Gasteiger partial charge in [0.1, 0.15) is 6.07 Å². The second-order valence-electron chi connectivity index (χ2n) is 5.22. The molecule has 0 saturated heterocycles. The molecule has 0 amide bonds. The molecular weight excluding hydrogens is 356 g/mol. The number of nitriles is 1. The minimum Gasteiger partial charge on any atom is -0.430 e. The number of hydrogen-bond donors (Lipinski definition) is 0. The van der Waals surface area contributed by atoms with Crippen molar-refractivity contribution in [3.8, 4) is 17.7 Å². The largest absolute Gasteiger partial charge is 0.430 e. The summed E-state index contributed by atoms with van der Waals surface area (Å²) in [6.45, 7) is 0. The number of rotatable bonds is 3. The molecule has 2 aromatic heterocycles. The fraction of sp³-hybridized carbons (Fsp3) is 0. The maximum atomic E-state index is 12.8. The molecule has 0 aliphatic carbocycles. The maximum Gasteiger partial charge on any atom is 0.311 e. The molecule has 0 saturated carbocycles. The molecule has 4 rings (SSSR count). The zero-order valence-electron chi connectivity index (χ0n) is 12.9. The SMILES string of the molecule is N#Cc1c(Oc2ccccc2[N+](=O)[O-])nc2sc3ccccc3n2c1=O. The summed E-state index contributed by atoms with van der Waals surface area (Å²) < 4.78 is 7.66. The number of fused-ring (bicyclic) bond motifs is 3. The summed E-state index contributed by atoms with van der Waals surface area (Å²) in [7, 11) is 0. The lowest BCUT2D eigenvalue weighted by atomic mass is 10.3. The molecule has 0 spiro atoms. The van der Waals surface area contributed by atoms with Gasteiger partial charge in [-0.2, -0.15) is 10.2 Å². The Hall–Kier alpha value is -3.77. The number of nitrogens with zero attached hydrogens (tertiary/aromatic N) is 4. The molecule has 0 aliphatic rings. The van der Waals surface area contributed by atoms with Gasteiger partial charge in [0.15, 0.2) is 5.56 Å². The summed E-state index contributed by atoms with van der Waals surface area (Å²) in [5, 5.41) is 20.6. The molecule has 26 heavy (non-hydrogen) atoms. The van der Waals surface area contributed by atoms with Crippen molar-refractivity contribution in [1.82, 2.24) is 9.38 Å². The Morgan fingerprint density at radius 3 is 2.69 bits per heavy atom. The van der Waals surface area contributed by atoms with Crippen LogP contribution in [0.2, 0.25) is 0 Å². The molecule has 0 bridgehead atoms. The van der Waals surface area contributed by atoms with E-state index in [1.54, 1.807) is 24.3 Å². The van der Waals surface area contributed by atoms with Crippen molar-refractivity contribution in [3.05, 3.63) is 74.6 Å². The lowest BCUT2D eigenvalue weighted by Gasteiger charge is -2.07.